The molecule has 1 heterocycles. The summed E-state index contributed by atoms with van der Waals surface area (Å²) in [5.41, 5.74) is 7.47. The molecule has 128 valence electrons. The van der Waals surface area contributed by atoms with E-state index in [9.17, 15) is 4.79 Å². The molecule has 0 unspecified atom stereocenters. The minimum Gasteiger partial charge on any atom is -0.444 e. The molecule has 1 saturated carbocycles. The molecule has 5 nitrogen and oxygen atoms in total. The Morgan fingerprint density at radius 3 is 2.65 bits per heavy atom. The summed E-state index contributed by atoms with van der Waals surface area (Å²) in [4.78, 5) is 16.2. The van der Waals surface area contributed by atoms with Gasteiger partial charge in [0.1, 0.15) is 5.60 Å². The van der Waals surface area contributed by atoms with Crippen LogP contribution in [-0.4, -0.2) is 22.7 Å². The Balaban J connectivity index is 2.10. The first-order valence-corrected chi connectivity index (χ1v) is 8.36. The first-order chi connectivity index (χ1) is 10.7. The molecule has 1 aliphatic rings. The van der Waals surface area contributed by atoms with E-state index in [0.29, 0.717) is 17.8 Å². The fraction of sp³-hybridized carbons (Fsp3) is 0.667. The average Bonchev–Trinajstić information content (AvgIpc) is 2.42. The highest BCUT2D eigenvalue weighted by Gasteiger charge is 2.35. The van der Waals surface area contributed by atoms with Crippen molar-refractivity contribution in [2.24, 2.45) is 11.8 Å². The molecule has 0 saturated heterocycles. The highest BCUT2D eigenvalue weighted by molar-refractivity contribution is 5.68. The fourth-order valence-corrected chi connectivity index (χ4v) is 3.37. The Morgan fingerprint density at radius 1 is 1.35 bits per heavy atom. The molecule has 1 aromatic heterocycles. The van der Waals surface area contributed by atoms with Gasteiger partial charge < -0.3 is 15.8 Å². The highest BCUT2D eigenvalue weighted by Crippen LogP contribution is 2.41. The van der Waals surface area contributed by atoms with Crippen molar-refractivity contribution in [1.82, 2.24) is 10.3 Å². The molecular formula is C18H29N3O2. The first kappa shape index (κ1) is 17.6. The zero-order valence-corrected chi connectivity index (χ0v) is 14.8. The van der Waals surface area contributed by atoms with Crippen molar-refractivity contribution >= 4 is 11.8 Å². The molecule has 4 atom stereocenters. The number of nitrogens with one attached hydrogen (secondary N) is 1. The van der Waals surface area contributed by atoms with Crippen LogP contribution in [0, 0.1) is 11.8 Å². The lowest BCUT2D eigenvalue weighted by molar-refractivity contribution is 0.0448. The Morgan fingerprint density at radius 2 is 2.04 bits per heavy atom. The van der Waals surface area contributed by atoms with E-state index in [1.807, 2.05) is 26.8 Å². The number of anilines is 1. The number of nitrogens with two attached hydrogens (primary N) is 1. The number of alkyl carbamates (subject to hydrolysis) is 1. The third kappa shape index (κ3) is 4.60. The van der Waals surface area contributed by atoms with Gasteiger partial charge in [0, 0.05) is 12.2 Å². The quantitative estimate of drug-likeness (QED) is 0.871. The summed E-state index contributed by atoms with van der Waals surface area (Å²) in [5, 5.41) is 3.06. The average molecular weight is 319 g/mol. The number of rotatable bonds is 2. The van der Waals surface area contributed by atoms with Gasteiger partial charge in [-0.05, 0) is 63.0 Å². The van der Waals surface area contributed by atoms with Gasteiger partial charge in [-0.2, -0.15) is 0 Å². The summed E-state index contributed by atoms with van der Waals surface area (Å²) in [6.07, 6.45) is 5.09. The molecule has 0 aromatic carbocycles. The van der Waals surface area contributed by atoms with E-state index in [1.165, 1.54) is 0 Å². The van der Waals surface area contributed by atoms with Crippen LogP contribution in [0.1, 0.15) is 58.9 Å². The molecular weight excluding hydrogens is 290 g/mol. The van der Waals surface area contributed by atoms with Crippen molar-refractivity contribution in [1.29, 1.82) is 0 Å². The summed E-state index contributed by atoms with van der Waals surface area (Å²) < 4.78 is 5.40. The summed E-state index contributed by atoms with van der Waals surface area (Å²) >= 11 is 0. The Labute approximate surface area is 139 Å². The van der Waals surface area contributed by atoms with Crippen molar-refractivity contribution in [3.63, 3.8) is 0 Å². The number of hydrogen-bond donors (Lipinski definition) is 2. The minimum atomic E-state index is -0.484. The highest BCUT2D eigenvalue weighted by atomic mass is 16.6. The van der Waals surface area contributed by atoms with E-state index in [-0.39, 0.29) is 12.1 Å². The van der Waals surface area contributed by atoms with Crippen LogP contribution in [0.25, 0.3) is 0 Å². The van der Waals surface area contributed by atoms with E-state index in [4.69, 9.17) is 10.5 Å². The standard InChI is InChI=1S/C18H29N3O2/c1-11-8-13(14-6-7-20-10-15(14)19)9-16(12(11)2)21-17(22)23-18(3,4)5/h6-7,10-13,16H,8-9,19H2,1-5H3,(H,21,22)/t11-,12-,13+,16+/m0/s1. The monoisotopic (exact) mass is 319 g/mol. The molecule has 1 fully saturated rings. The van der Waals surface area contributed by atoms with E-state index in [1.54, 1.807) is 12.4 Å². The van der Waals surface area contributed by atoms with Crippen LogP contribution in [0.2, 0.25) is 0 Å². The van der Waals surface area contributed by atoms with Crippen LogP contribution in [0.4, 0.5) is 10.5 Å². The molecule has 0 bridgehead atoms. The maximum absolute atomic E-state index is 12.1. The molecule has 0 aliphatic heterocycles. The number of aromatic nitrogens is 1. The van der Waals surface area contributed by atoms with Gasteiger partial charge in [-0.25, -0.2) is 4.79 Å². The number of hydrogen-bond acceptors (Lipinski definition) is 4. The third-order valence-corrected chi connectivity index (χ3v) is 4.76. The summed E-state index contributed by atoms with van der Waals surface area (Å²) in [5.74, 6) is 1.24. The lowest BCUT2D eigenvalue weighted by Crippen LogP contribution is -2.47. The molecule has 1 amide bonds. The summed E-state index contributed by atoms with van der Waals surface area (Å²) in [6.45, 7) is 10.1. The second-order valence-corrected chi connectivity index (χ2v) is 7.76. The van der Waals surface area contributed by atoms with Crippen LogP contribution in [0.15, 0.2) is 18.5 Å². The number of amides is 1. The largest absolute Gasteiger partial charge is 0.444 e. The molecule has 0 spiro atoms. The lowest BCUT2D eigenvalue weighted by atomic mass is 9.70. The third-order valence-electron chi connectivity index (χ3n) is 4.76. The van der Waals surface area contributed by atoms with Gasteiger partial charge in [0.15, 0.2) is 0 Å². The number of carbonyl (C=O) groups is 1. The van der Waals surface area contributed by atoms with Gasteiger partial charge in [0.05, 0.1) is 11.9 Å². The maximum Gasteiger partial charge on any atom is 0.407 e. The van der Waals surface area contributed by atoms with E-state index < -0.39 is 5.60 Å². The van der Waals surface area contributed by atoms with E-state index in [0.717, 1.165) is 24.1 Å². The van der Waals surface area contributed by atoms with Crippen molar-refractivity contribution in [3.05, 3.63) is 24.0 Å². The number of pyridine rings is 1. The summed E-state index contributed by atoms with van der Waals surface area (Å²) in [6, 6.07) is 2.08. The molecule has 5 heteroatoms. The van der Waals surface area contributed by atoms with Gasteiger partial charge in [-0.3, -0.25) is 4.98 Å². The van der Waals surface area contributed by atoms with Gasteiger partial charge in [0.2, 0.25) is 0 Å². The molecule has 0 radical (unpaired) electrons. The van der Waals surface area contributed by atoms with Crippen LogP contribution in [-0.2, 0) is 4.74 Å². The van der Waals surface area contributed by atoms with Crippen molar-refractivity contribution in [2.75, 3.05) is 5.73 Å². The predicted molar refractivity (Wildman–Crippen MR) is 92.1 cm³/mol. The Hall–Kier alpha value is -1.78. The van der Waals surface area contributed by atoms with Crippen LogP contribution >= 0.6 is 0 Å². The molecule has 1 aliphatic carbocycles. The van der Waals surface area contributed by atoms with E-state index >= 15 is 0 Å². The van der Waals surface area contributed by atoms with E-state index in [2.05, 4.69) is 24.1 Å². The lowest BCUT2D eigenvalue weighted by Gasteiger charge is -2.39. The number of carbonyl (C=O) groups excluding carboxylic acids is 1. The Kier molecular flexibility index (Phi) is 5.17. The van der Waals surface area contributed by atoms with Crippen LogP contribution in [0.5, 0.6) is 0 Å². The molecule has 3 N–H and O–H groups in total. The van der Waals surface area contributed by atoms with Gasteiger partial charge >= 0.3 is 6.09 Å². The fourth-order valence-electron chi connectivity index (χ4n) is 3.37. The number of nitrogen functional groups attached to an aromatic ring is 1. The zero-order chi connectivity index (χ0) is 17.2. The van der Waals surface area contributed by atoms with Crippen LogP contribution in [0.3, 0.4) is 0 Å². The minimum absolute atomic E-state index is 0.0890. The Bertz CT molecular complexity index is 553. The summed E-state index contributed by atoms with van der Waals surface area (Å²) in [7, 11) is 0. The van der Waals surface area contributed by atoms with Crippen molar-refractivity contribution < 1.29 is 9.53 Å². The van der Waals surface area contributed by atoms with Crippen LogP contribution < -0.4 is 11.1 Å². The number of ether oxygens (including phenoxy) is 1. The molecule has 23 heavy (non-hydrogen) atoms. The van der Waals surface area contributed by atoms with Crippen molar-refractivity contribution in [3.8, 4) is 0 Å². The van der Waals surface area contributed by atoms with Gasteiger partial charge in [-0.15, -0.1) is 0 Å². The second kappa shape index (κ2) is 6.77. The zero-order valence-electron chi connectivity index (χ0n) is 14.8. The SMILES string of the molecule is C[C@H]1[C@@H](C)C[C@@H](c2ccncc2N)C[C@H]1NC(=O)OC(C)(C)C. The maximum atomic E-state index is 12.1. The topological polar surface area (TPSA) is 77.2 Å². The normalized spacial score (nSPS) is 28.2. The first-order valence-electron chi connectivity index (χ1n) is 8.36. The second-order valence-electron chi connectivity index (χ2n) is 7.76. The number of nitrogens with zero attached hydrogens (tertiary/aromatic N) is 1. The smallest absolute Gasteiger partial charge is 0.407 e. The predicted octanol–water partition coefficient (Wildman–Crippen LogP) is 3.71. The van der Waals surface area contributed by atoms with Crippen molar-refractivity contribution in [2.45, 2.75) is 65.0 Å². The molecule has 1 aromatic rings. The van der Waals surface area contributed by atoms with Gasteiger partial charge in [0.25, 0.3) is 0 Å². The van der Waals surface area contributed by atoms with Gasteiger partial charge in [-0.1, -0.05) is 13.8 Å². The molecule has 2 rings (SSSR count).